The molecule has 1 unspecified atom stereocenters. The topological polar surface area (TPSA) is 24.9 Å². The van der Waals surface area contributed by atoms with Crippen LogP contribution in [0.5, 0.6) is 0 Å². The minimum Gasteiger partial charge on any atom is -0.308 e. The zero-order valence-electron chi connectivity index (χ0n) is 8.13. The van der Waals surface area contributed by atoms with Gasteiger partial charge in [-0.1, -0.05) is 0 Å². The average molecular weight is 192 g/mol. The maximum atomic E-state index is 12.5. The monoisotopic (exact) mass is 192 g/mol. The predicted octanol–water partition coefficient (Wildman–Crippen LogP) is 1.89. The van der Waals surface area contributed by atoms with Crippen molar-refractivity contribution in [3.05, 3.63) is 29.8 Å². The van der Waals surface area contributed by atoms with Gasteiger partial charge in [-0.25, -0.2) is 4.39 Å². The number of hydrogen-bond acceptors (Lipinski definition) is 2. The molecule has 0 fully saturated rings. The van der Waals surface area contributed by atoms with Gasteiger partial charge in [-0.2, -0.15) is 0 Å². The molecule has 1 atom stereocenters. The van der Waals surface area contributed by atoms with Crippen LogP contribution in [0.25, 0.3) is 0 Å². The fourth-order valence-electron chi connectivity index (χ4n) is 1.11. The summed E-state index contributed by atoms with van der Waals surface area (Å²) in [6.45, 7) is 2.72. The summed E-state index contributed by atoms with van der Waals surface area (Å²) in [7, 11) is 0. The van der Waals surface area contributed by atoms with Crippen LogP contribution in [-0.2, 0) is 0 Å². The van der Waals surface area contributed by atoms with Gasteiger partial charge in [0.2, 0.25) is 0 Å². The lowest BCUT2D eigenvalue weighted by Gasteiger charge is -2.11. The van der Waals surface area contributed by atoms with Gasteiger partial charge < -0.3 is 5.32 Å². The molecule has 0 aliphatic heterocycles. The molecule has 0 aromatic carbocycles. The summed E-state index contributed by atoms with van der Waals surface area (Å²) in [5.74, 6) is 2.23. The highest BCUT2D eigenvalue weighted by atomic mass is 19.1. The van der Waals surface area contributed by atoms with E-state index >= 15 is 0 Å². The third-order valence-corrected chi connectivity index (χ3v) is 1.91. The van der Waals surface area contributed by atoms with E-state index in [-0.39, 0.29) is 11.9 Å². The highest BCUT2D eigenvalue weighted by Crippen LogP contribution is 2.08. The Bertz CT molecular complexity index is 313. The molecule has 0 saturated heterocycles. The van der Waals surface area contributed by atoms with Crippen LogP contribution in [0.3, 0.4) is 0 Å². The predicted molar refractivity (Wildman–Crippen MR) is 54.1 cm³/mol. The van der Waals surface area contributed by atoms with Gasteiger partial charge in [-0.05, 0) is 19.1 Å². The Morgan fingerprint density at radius 3 is 3.00 bits per heavy atom. The molecule has 0 amide bonds. The number of terminal acetylenes is 1. The van der Waals surface area contributed by atoms with Gasteiger partial charge in [0.25, 0.3) is 0 Å². The highest BCUT2D eigenvalue weighted by molar-refractivity contribution is 5.08. The molecule has 14 heavy (non-hydrogen) atoms. The van der Waals surface area contributed by atoms with Crippen LogP contribution >= 0.6 is 0 Å². The molecule has 0 aliphatic rings. The molecule has 1 aromatic rings. The molecule has 1 heterocycles. The minimum absolute atomic E-state index is 0.101. The molecule has 1 N–H and O–H groups in total. The first-order valence-corrected chi connectivity index (χ1v) is 4.52. The van der Waals surface area contributed by atoms with Gasteiger partial charge >= 0.3 is 0 Å². The van der Waals surface area contributed by atoms with E-state index in [0.29, 0.717) is 6.42 Å². The lowest BCUT2D eigenvalue weighted by Crippen LogP contribution is -2.20. The smallest absolute Gasteiger partial charge is 0.141 e. The highest BCUT2D eigenvalue weighted by Gasteiger charge is 2.04. The van der Waals surface area contributed by atoms with E-state index in [1.165, 1.54) is 12.3 Å². The van der Waals surface area contributed by atoms with Crippen LogP contribution in [0.1, 0.15) is 25.1 Å². The number of nitrogens with one attached hydrogen (secondary N) is 1. The van der Waals surface area contributed by atoms with E-state index < -0.39 is 0 Å². The average Bonchev–Trinajstić information content (AvgIpc) is 2.19. The van der Waals surface area contributed by atoms with Crippen LogP contribution in [0.4, 0.5) is 4.39 Å². The number of aromatic nitrogens is 1. The number of halogens is 1. The van der Waals surface area contributed by atoms with Crippen molar-refractivity contribution < 1.29 is 4.39 Å². The first-order valence-electron chi connectivity index (χ1n) is 4.52. The Kier molecular flexibility index (Phi) is 4.09. The summed E-state index contributed by atoms with van der Waals surface area (Å²) in [5, 5.41) is 3.19. The van der Waals surface area contributed by atoms with E-state index in [1.807, 2.05) is 6.92 Å². The van der Waals surface area contributed by atoms with E-state index in [2.05, 4.69) is 16.2 Å². The van der Waals surface area contributed by atoms with Crippen molar-refractivity contribution in [1.82, 2.24) is 10.3 Å². The summed E-state index contributed by atoms with van der Waals surface area (Å²) in [6, 6.07) is 3.17. The minimum atomic E-state index is -0.315. The molecule has 1 rings (SSSR count). The lowest BCUT2D eigenvalue weighted by molar-refractivity contribution is 0.562. The van der Waals surface area contributed by atoms with Gasteiger partial charge in [-0.3, -0.25) is 4.98 Å². The molecule has 0 radical (unpaired) electrons. The number of nitrogens with zero attached hydrogens (tertiary/aromatic N) is 1. The third-order valence-electron chi connectivity index (χ3n) is 1.91. The maximum absolute atomic E-state index is 12.5. The second kappa shape index (κ2) is 5.36. The maximum Gasteiger partial charge on any atom is 0.141 e. The molecule has 74 valence electrons. The summed E-state index contributed by atoms with van der Waals surface area (Å²) in [6.07, 6.45) is 7.02. The first kappa shape index (κ1) is 10.7. The second-order valence-electron chi connectivity index (χ2n) is 3.03. The van der Waals surface area contributed by atoms with Crippen molar-refractivity contribution in [1.29, 1.82) is 0 Å². The van der Waals surface area contributed by atoms with Gasteiger partial charge in [0.15, 0.2) is 0 Å². The Labute approximate surface area is 83.6 Å². The van der Waals surface area contributed by atoms with Crippen molar-refractivity contribution in [3.63, 3.8) is 0 Å². The number of rotatable bonds is 4. The molecular weight excluding hydrogens is 179 g/mol. The van der Waals surface area contributed by atoms with Crippen LogP contribution in [0.2, 0.25) is 0 Å². The molecule has 0 aliphatic carbocycles. The lowest BCUT2D eigenvalue weighted by atomic mass is 10.2. The SMILES string of the molecule is C#CCCNC(C)c1ccc(F)cn1. The van der Waals surface area contributed by atoms with Crippen molar-refractivity contribution >= 4 is 0 Å². The molecular formula is C11H13FN2. The van der Waals surface area contributed by atoms with Gasteiger partial charge in [0.05, 0.1) is 11.9 Å². The van der Waals surface area contributed by atoms with E-state index in [4.69, 9.17) is 6.42 Å². The molecule has 3 heteroatoms. The van der Waals surface area contributed by atoms with Crippen LogP contribution < -0.4 is 5.32 Å². The first-order chi connectivity index (χ1) is 6.74. The Morgan fingerprint density at radius 2 is 2.43 bits per heavy atom. The zero-order chi connectivity index (χ0) is 10.4. The third kappa shape index (κ3) is 3.15. The fourth-order valence-corrected chi connectivity index (χ4v) is 1.11. The standard InChI is InChI=1S/C11H13FN2/c1-3-4-7-13-9(2)11-6-5-10(12)8-14-11/h1,5-6,8-9,13H,4,7H2,2H3. The molecule has 1 aromatic heterocycles. The van der Waals surface area contributed by atoms with Gasteiger partial charge in [0.1, 0.15) is 5.82 Å². The number of pyridine rings is 1. The summed E-state index contributed by atoms with van der Waals surface area (Å²) in [4.78, 5) is 3.97. The zero-order valence-corrected chi connectivity index (χ0v) is 8.13. The van der Waals surface area contributed by atoms with Crippen LogP contribution in [0.15, 0.2) is 18.3 Å². The van der Waals surface area contributed by atoms with E-state index in [9.17, 15) is 4.39 Å². The van der Waals surface area contributed by atoms with E-state index in [1.54, 1.807) is 6.07 Å². The van der Waals surface area contributed by atoms with Crippen LogP contribution in [-0.4, -0.2) is 11.5 Å². The van der Waals surface area contributed by atoms with Gasteiger partial charge in [0, 0.05) is 19.0 Å². The molecule has 2 nitrogen and oxygen atoms in total. The Hall–Kier alpha value is -1.40. The van der Waals surface area contributed by atoms with Crippen molar-refractivity contribution in [2.45, 2.75) is 19.4 Å². The Morgan fingerprint density at radius 1 is 1.64 bits per heavy atom. The van der Waals surface area contributed by atoms with E-state index in [0.717, 1.165) is 12.2 Å². The van der Waals surface area contributed by atoms with Crippen molar-refractivity contribution in [3.8, 4) is 12.3 Å². The normalized spacial score (nSPS) is 12.1. The Balaban J connectivity index is 2.48. The van der Waals surface area contributed by atoms with Crippen LogP contribution in [0, 0.1) is 18.2 Å². The quantitative estimate of drug-likeness (QED) is 0.582. The van der Waals surface area contributed by atoms with Crippen molar-refractivity contribution in [2.75, 3.05) is 6.54 Å². The molecule has 0 spiro atoms. The fraction of sp³-hybridized carbons (Fsp3) is 0.364. The van der Waals surface area contributed by atoms with Crippen molar-refractivity contribution in [2.24, 2.45) is 0 Å². The number of hydrogen-bond donors (Lipinski definition) is 1. The molecule has 0 bridgehead atoms. The van der Waals surface area contributed by atoms with Gasteiger partial charge in [-0.15, -0.1) is 12.3 Å². The second-order valence-corrected chi connectivity index (χ2v) is 3.03. The molecule has 0 saturated carbocycles. The summed E-state index contributed by atoms with van der Waals surface area (Å²) >= 11 is 0. The summed E-state index contributed by atoms with van der Waals surface area (Å²) < 4.78 is 12.5. The summed E-state index contributed by atoms with van der Waals surface area (Å²) in [5.41, 5.74) is 0.823. The largest absolute Gasteiger partial charge is 0.308 e.